The number of hydrogen-bond acceptors (Lipinski definition) is 5. The molecule has 0 bridgehead atoms. The van der Waals surface area contributed by atoms with E-state index in [0.29, 0.717) is 17.8 Å². The number of nitrogens with zero attached hydrogens (tertiary/aromatic N) is 1. The van der Waals surface area contributed by atoms with Gasteiger partial charge in [-0.25, -0.2) is 4.98 Å². The summed E-state index contributed by atoms with van der Waals surface area (Å²) in [5.74, 6) is 0.776. The molecule has 2 aromatic rings. The van der Waals surface area contributed by atoms with Gasteiger partial charge >= 0.3 is 0 Å². The van der Waals surface area contributed by atoms with Gasteiger partial charge in [0.1, 0.15) is 17.5 Å². The lowest BCUT2D eigenvalue weighted by molar-refractivity contribution is 0.217. The molecule has 0 aliphatic carbocycles. The molecule has 6 nitrogen and oxygen atoms in total. The number of aryl methyl sites for hydroxylation is 1. The van der Waals surface area contributed by atoms with Gasteiger partial charge in [0.05, 0.1) is 11.1 Å². The highest BCUT2D eigenvalue weighted by atomic mass is 35.5. The SMILES string of the molecule is Cc1ccc(S(=O)(=O)O)cc1.Clc1ccc(OC[C@@H]2CCN2)cn1. The third-order valence-corrected chi connectivity index (χ3v) is 4.49. The summed E-state index contributed by atoms with van der Waals surface area (Å²) >= 11 is 5.63. The maximum atomic E-state index is 10.5. The van der Waals surface area contributed by atoms with E-state index < -0.39 is 10.1 Å². The first-order valence-corrected chi connectivity index (χ1v) is 9.18. The van der Waals surface area contributed by atoms with Crippen LogP contribution in [0.15, 0.2) is 47.5 Å². The number of ether oxygens (including phenoxy) is 1. The summed E-state index contributed by atoms with van der Waals surface area (Å²) in [6.45, 7) is 3.66. The Morgan fingerprint density at radius 1 is 1.29 bits per heavy atom. The number of halogens is 1. The molecule has 1 atom stereocenters. The summed E-state index contributed by atoms with van der Waals surface area (Å²) < 4.78 is 35.0. The zero-order valence-corrected chi connectivity index (χ0v) is 14.7. The summed E-state index contributed by atoms with van der Waals surface area (Å²) in [4.78, 5) is 3.85. The lowest BCUT2D eigenvalue weighted by atomic mass is 10.1. The minimum atomic E-state index is -4.02. The van der Waals surface area contributed by atoms with Crippen LogP contribution >= 0.6 is 11.6 Å². The lowest BCUT2D eigenvalue weighted by Gasteiger charge is -2.27. The highest BCUT2D eigenvalue weighted by molar-refractivity contribution is 7.85. The molecule has 0 spiro atoms. The van der Waals surface area contributed by atoms with Gasteiger partial charge in [-0.05, 0) is 44.2 Å². The Morgan fingerprint density at radius 2 is 1.96 bits per heavy atom. The van der Waals surface area contributed by atoms with Crippen molar-refractivity contribution in [2.45, 2.75) is 24.3 Å². The predicted octanol–water partition coefficient (Wildman–Crippen LogP) is 2.72. The van der Waals surface area contributed by atoms with Crippen molar-refractivity contribution in [1.82, 2.24) is 10.3 Å². The number of hydrogen-bond donors (Lipinski definition) is 2. The van der Waals surface area contributed by atoms with Crippen LogP contribution in [0.2, 0.25) is 5.15 Å². The smallest absolute Gasteiger partial charge is 0.294 e. The summed E-state index contributed by atoms with van der Waals surface area (Å²) in [5, 5.41) is 3.75. The molecule has 0 amide bonds. The van der Waals surface area contributed by atoms with Crippen molar-refractivity contribution in [1.29, 1.82) is 0 Å². The van der Waals surface area contributed by atoms with Crippen LogP contribution in [0.25, 0.3) is 0 Å². The molecule has 130 valence electrons. The first-order chi connectivity index (χ1) is 11.3. The zero-order chi connectivity index (χ0) is 17.6. The van der Waals surface area contributed by atoms with Crippen LogP contribution in [0, 0.1) is 6.92 Å². The van der Waals surface area contributed by atoms with Crippen molar-refractivity contribution in [3.8, 4) is 5.75 Å². The number of nitrogens with one attached hydrogen (secondary N) is 1. The van der Waals surface area contributed by atoms with Crippen LogP contribution in [-0.4, -0.2) is 37.1 Å². The molecule has 1 aliphatic rings. The fourth-order valence-electron chi connectivity index (χ4n) is 1.85. The molecule has 24 heavy (non-hydrogen) atoms. The molecule has 1 saturated heterocycles. The minimum Gasteiger partial charge on any atom is -0.490 e. The fourth-order valence-corrected chi connectivity index (χ4v) is 2.44. The molecule has 3 rings (SSSR count). The van der Waals surface area contributed by atoms with Crippen molar-refractivity contribution in [3.05, 3.63) is 53.3 Å². The van der Waals surface area contributed by atoms with Crippen LogP contribution < -0.4 is 10.1 Å². The van der Waals surface area contributed by atoms with Gasteiger partial charge in [-0.2, -0.15) is 8.42 Å². The predicted molar refractivity (Wildman–Crippen MR) is 92.1 cm³/mol. The molecule has 1 aromatic heterocycles. The summed E-state index contributed by atoms with van der Waals surface area (Å²) in [6.07, 6.45) is 2.84. The van der Waals surface area contributed by atoms with E-state index in [0.717, 1.165) is 17.9 Å². The average Bonchev–Trinajstić information content (AvgIpc) is 2.48. The van der Waals surface area contributed by atoms with Crippen molar-refractivity contribution < 1.29 is 17.7 Å². The molecule has 1 aliphatic heterocycles. The second-order valence-electron chi connectivity index (χ2n) is 5.36. The van der Waals surface area contributed by atoms with Crippen LogP contribution in [-0.2, 0) is 10.1 Å². The number of benzene rings is 1. The number of pyridine rings is 1. The van der Waals surface area contributed by atoms with E-state index >= 15 is 0 Å². The molecular weight excluding hydrogens is 352 g/mol. The van der Waals surface area contributed by atoms with Crippen LogP contribution in [0.4, 0.5) is 0 Å². The van der Waals surface area contributed by atoms with Gasteiger partial charge in [-0.15, -0.1) is 0 Å². The Hall–Kier alpha value is -1.67. The maximum absolute atomic E-state index is 10.5. The molecule has 2 N–H and O–H groups in total. The topological polar surface area (TPSA) is 88.5 Å². The van der Waals surface area contributed by atoms with E-state index in [1.807, 2.05) is 13.0 Å². The van der Waals surface area contributed by atoms with Gasteiger partial charge in [0.25, 0.3) is 10.1 Å². The highest BCUT2D eigenvalue weighted by Crippen LogP contribution is 2.13. The molecule has 1 aromatic carbocycles. The van der Waals surface area contributed by atoms with Crippen LogP contribution in [0.5, 0.6) is 5.75 Å². The first kappa shape index (κ1) is 18.7. The Labute approximate surface area is 146 Å². The number of aromatic nitrogens is 1. The molecular formula is C16H19ClN2O4S. The normalized spacial score (nSPS) is 16.5. The van der Waals surface area contributed by atoms with Crippen molar-refractivity contribution >= 4 is 21.7 Å². The van der Waals surface area contributed by atoms with Crippen LogP contribution in [0.1, 0.15) is 12.0 Å². The second-order valence-corrected chi connectivity index (χ2v) is 7.16. The summed E-state index contributed by atoms with van der Waals surface area (Å²) in [6, 6.07) is 10.1. The molecule has 0 radical (unpaired) electrons. The largest absolute Gasteiger partial charge is 0.490 e. The maximum Gasteiger partial charge on any atom is 0.294 e. The van der Waals surface area contributed by atoms with Crippen molar-refractivity contribution in [3.63, 3.8) is 0 Å². The fraction of sp³-hybridized carbons (Fsp3) is 0.312. The van der Waals surface area contributed by atoms with Gasteiger partial charge in [0.2, 0.25) is 0 Å². The van der Waals surface area contributed by atoms with E-state index in [4.69, 9.17) is 20.9 Å². The highest BCUT2D eigenvalue weighted by Gasteiger charge is 2.16. The standard InChI is InChI=1S/C9H11ClN2O.C7H8O3S/c10-9-2-1-8(5-12-9)13-6-7-3-4-11-7;1-6-2-4-7(5-3-6)11(8,9)10/h1-2,5,7,11H,3-4,6H2;2-5H,1H3,(H,8,9,10)/t7-;/m0./s1. The van der Waals surface area contributed by atoms with E-state index in [9.17, 15) is 8.42 Å². The number of rotatable bonds is 4. The van der Waals surface area contributed by atoms with E-state index in [2.05, 4.69) is 10.3 Å². The first-order valence-electron chi connectivity index (χ1n) is 7.36. The molecule has 2 heterocycles. The van der Waals surface area contributed by atoms with Crippen molar-refractivity contribution in [2.24, 2.45) is 0 Å². The van der Waals surface area contributed by atoms with E-state index in [1.54, 1.807) is 24.4 Å². The second kappa shape index (κ2) is 8.43. The van der Waals surface area contributed by atoms with Gasteiger partial charge in [0, 0.05) is 6.04 Å². The summed E-state index contributed by atoms with van der Waals surface area (Å²) in [7, 11) is -4.02. The molecule has 0 unspecified atom stereocenters. The van der Waals surface area contributed by atoms with E-state index in [-0.39, 0.29) is 4.90 Å². The lowest BCUT2D eigenvalue weighted by Crippen LogP contribution is -2.46. The monoisotopic (exact) mass is 370 g/mol. The Balaban J connectivity index is 0.000000177. The van der Waals surface area contributed by atoms with Gasteiger partial charge in [-0.1, -0.05) is 29.3 Å². The zero-order valence-electron chi connectivity index (χ0n) is 13.1. The third-order valence-electron chi connectivity index (χ3n) is 3.40. The summed E-state index contributed by atoms with van der Waals surface area (Å²) in [5.41, 5.74) is 0.956. The minimum absolute atomic E-state index is 0.0666. The van der Waals surface area contributed by atoms with Crippen molar-refractivity contribution in [2.75, 3.05) is 13.2 Å². The Kier molecular flexibility index (Phi) is 6.56. The van der Waals surface area contributed by atoms with Crippen LogP contribution in [0.3, 0.4) is 0 Å². The quantitative estimate of drug-likeness (QED) is 0.635. The average molecular weight is 371 g/mol. The van der Waals surface area contributed by atoms with Gasteiger partial charge < -0.3 is 10.1 Å². The molecule has 0 saturated carbocycles. The Bertz CT molecular complexity index is 745. The third kappa shape index (κ3) is 6.09. The molecule has 1 fully saturated rings. The Morgan fingerprint density at radius 3 is 2.42 bits per heavy atom. The van der Waals surface area contributed by atoms with Gasteiger partial charge in [-0.3, -0.25) is 4.55 Å². The van der Waals surface area contributed by atoms with Gasteiger partial charge in [0.15, 0.2) is 0 Å². The van der Waals surface area contributed by atoms with E-state index in [1.165, 1.54) is 18.6 Å². The molecule has 8 heteroatoms.